The van der Waals surface area contributed by atoms with Crippen molar-refractivity contribution in [3.05, 3.63) is 96.1 Å². The molecular weight excluding hydrogens is 450 g/mol. The Hall–Kier alpha value is -3.85. The fourth-order valence-corrected chi connectivity index (χ4v) is 5.96. The SMILES string of the molecule is CC(C)Cc1cc2c(c(CC(C)C)c1-n1c(-c3ccccc3)nc3ccccc31)c1ccccc1n2C. The van der Waals surface area contributed by atoms with Gasteiger partial charge >= 0.3 is 0 Å². The molecule has 2 aromatic heterocycles. The Balaban J connectivity index is 1.83. The van der Waals surface area contributed by atoms with Crippen molar-refractivity contribution in [1.29, 1.82) is 0 Å². The van der Waals surface area contributed by atoms with Crippen LogP contribution in [-0.2, 0) is 19.9 Å². The van der Waals surface area contributed by atoms with Crippen molar-refractivity contribution >= 4 is 32.8 Å². The number of benzene rings is 4. The zero-order chi connectivity index (χ0) is 25.7. The van der Waals surface area contributed by atoms with Crippen LogP contribution in [0.25, 0.3) is 49.9 Å². The van der Waals surface area contributed by atoms with Crippen molar-refractivity contribution in [1.82, 2.24) is 14.1 Å². The van der Waals surface area contributed by atoms with Gasteiger partial charge in [0, 0.05) is 34.4 Å². The lowest BCUT2D eigenvalue weighted by Gasteiger charge is -2.23. The van der Waals surface area contributed by atoms with E-state index >= 15 is 0 Å². The highest BCUT2D eigenvalue weighted by Crippen LogP contribution is 2.41. The second-order valence-corrected chi connectivity index (χ2v) is 11.2. The quantitative estimate of drug-likeness (QED) is 0.231. The number of hydrogen-bond donors (Lipinski definition) is 0. The standard InChI is InChI=1S/C34H35N3/c1-22(2)19-25-21-31-32(26-15-9-11-17-29(26)36(31)5)27(20-23(3)4)33(25)37-30-18-12-10-16-28(30)35-34(37)24-13-7-6-8-14-24/h6-18,21-23H,19-20H2,1-5H3. The highest BCUT2D eigenvalue weighted by atomic mass is 15.1. The number of nitrogens with zero attached hydrogens (tertiary/aromatic N) is 3. The lowest BCUT2D eigenvalue weighted by molar-refractivity contribution is 0.634. The van der Waals surface area contributed by atoms with Gasteiger partial charge in [0.25, 0.3) is 0 Å². The first-order valence-corrected chi connectivity index (χ1v) is 13.5. The third kappa shape index (κ3) is 3.94. The van der Waals surface area contributed by atoms with E-state index in [0.717, 1.165) is 35.3 Å². The maximum atomic E-state index is 5.21. The molecule has 0 spiro atoms. The van der Waals surface area contributed by atoms with Gasteiger partial charge in [-0.3, -0.25) is 4.57 Å². The van der Waals surface area contributed by atoms with E-state index in [1.807, 2.05) is 0 Å². The molecule has 0 fully saturated rings. The van der Waals surface area contributed by atoms with E-state index < -0.39 is 0 Å². The molecule has 0 unspecified atom stereocenters. The van der Waals surface area contributed by atoms with Crippen LogP contribution in [0.15, 0.2) is 84.9 Å². The normalized spacial score (nSPS) is 12.1. The summed E-state index contributed by atoms with van der Waals surface area (Å²) in [7, 11) is 2.21. The van der Waals surface area contributed by atoms with Crippen molar-refractivity contribution in [3.8, 4) is 17.1 Å². The van der Waals surface area contributed by atoms with Crippen molar-refractivity contribution < 1.29 is 0 Å². The molecular formula is C34H35N3. The average molecular weight is 486 g/mol. The minimum absolute atomic E-state index is 0.519. The van der Waals surface area contributed by atoms with Crippen LogP contribution in [0.1, 0.15) is 38.8 Å². The molecule has 0 atom stereocenters. The Morgan fingerprint density at radius 3 is 2.08 bits per heavy atom. The second kappa shape index (κ2) is 9.23. The van der Waals surface area contributed by atoms with Crippen LogP contribution in [0.3, 0.4) is 0 Å². The molecule has 0 saturated carbocycles. The maximum Gasteiger partial charge on any atom is 0.145 e. The fraction of sp³-hybridized carbons (Fsp3) is 0.265. The van der Waals surface area contributed by atoms with Gasteiger partial charge in [-0.05, 0) is 60.1 Å². The lowest BCUT2D eigenvalue weighted by Crippen LogP contribution is -2.11. The molecule has 3 nitrogen and oxygen atoms in total. The maximum absolute atomic E-state index is 5.21. The number of imidazole rings is 1. The highest BCUT2D eigenvalue weighted by molar-refractivity contribution is 6.11. The van der Waals surface area contributed by atoms with Gasteiger partial charge in [0.1, 0.15) is 5.82 Å². The Morgan fingerprint density at radius 2 is 1.35 bits per heavy atom. The minimum atomic E-state index is 0.519. The van der Waals surface area contributed by atoms with E-state index in [0.29, 0.717) is 11.8 Å². The Bertz CT molecular complexity index is 1730. The first-order chi connectivity index (χ1) is 17.9. The monoisotopic (exact) mass is 485 g/mol. The Labute approximate surface area is 219 Å². The van der Waals surface area contributed by atoms with Crippen LogP contribution in [0, 0.1) is 11.8 Å². The van der Waals surface area contributed by atoms with Crippen LogP contribution in [0.4, 0.5) is 0 Å². The summed E-state index contributed by atoms with van der Waals surface area (Å²) in [6.45, 7) is 9.31. The van der Waals surface area contributed by atoms with Crippen LogP contribution < -0.4 is 0 Å². The average Bonchev–Trinajstić information content (AvgIpc) is 3.40. The number of fused-ring (bicyclic) bond motifs is 4. The first-order valence-electron chi connectivity index (χ1n) is 13.5. The number of rotatable bonds is 6. The summed E-state index contributed by atoms with van der Waals surface area (Å²) in [5, 5.41) is 2.71. The highest BCUT2D eigenvalue weighted by Gasteiger charge is 2.25. The van der Waals surface area contributed by atoms with Crippen molar-refractivity contribution in [2.24, 2.45) is 18.9 Å². The van der Waals surface area contributed by atoms with Gasteiger partial charge in [-0.15, -0.1) is 0 Å². The second-order valence-electron chi connectivity index (χ2n) is 11.2. The van der Waals surface area contributed by atoms with Crippen molar-refractivity contribution in [2.75, 3.05) is 0 Å². The summed E-state index contributed by atoms with van der Waals surface area (Å²) < 4.78 is 4.84. The summed E-state index contributed by atoms with van der Waals surface area (Å²) in [5.74, 6) is 2.06. The van der Waals surface area contributed by atoms with Crippen LogP contribution in [0.5, 0.6) is 0 Å². The minimum Gasteiger partial charge on any atom is -0.344 e. The predicted octanol–water partition coefficient (Wildman–Crippen LogP) is 8.73. The van der Waals surface area contributed by atoms with Gasteiger partial charge < -0.3 is 4.57 Å². The summed E-state index contributed by atoms with van der Waals surface area (Å²) in [6.07, 6.45) is 2.02. The number of hydrogen-bond acceptors (Lipinski definition) is 1. The topological polar surface area (TPSA) is 22.8 Å². The molecule has 0 aliphatic rings. The zero-order valence-electron chi connectivity index (χ0n) is 22.5. The lowest BCUT2D eigenvalue weighted by atomic mass is 9.90. The van der Waals surface area contributed by atoms with E-state index in [2.05, 4.69) is 129 Å². The van der Waals surface area contributed by atoms with E-state index in [4.69, 9.17) is 4.98 Å². The number of para-hydroxylation sites is 3. The molecule has 0 radical (unpaired) electrons. The van der Waals surface area contributed by atoms with E-state index in [9.17, 15) is 0 Å². The number of aryl methyl sites for hydroxylation is 1. The molecule has 2 heterocycles. The molecule has 186 valence electrons. The Morgan fingerprint density at radius 1 is 0.703 bits per heavy atom. The molecule has 0 amide bonds. The molecule has 6 rings (SSSR count). The van der Waals surface area contributed by atoms with Crippen LogP contribution in [-0.4, -0.2) is 14.1 Å². The van der Waals surface area contributed by atoms with Crippen LogP contribution >= 0.6 is 0 Å². The summed E-state index contributed by atoms with van der Waals surface area (Å²) in [5.41, 5.74) is 10.1. The molecule has 37 heavy (non-hydrogen) atoms. The van der Waals surface area contributed by atoms with E-state index in [1.54, 1.807) is 0 Å². The predicted molar refractivity (Wildman–Crippen MR) is 158 cm³/mol. The zero-order valence-corrected chi connectivity index (χ0v) is 22.5. The summed E-state index contributed by atoms with van der Waals surface area (Å²) in [4.78, 5) is 5.21. The van der Waals surface area contributed by atoms with E-state index in [-0.39, 0.29) is 0 Å². The molecule has 4 aromatic carbocycles. The molecule has 0 N–H and O–H groups in total. The molecule has 3 heteroatoms. The largest absolute Gasteiger partial charge is 0.344 e. The molecule has 0 aliphatic carbocycles. The first kappa shape index (κ1) is 23.5. The van der Waals surface area contributed by atoms with E-state index in [1.165, 1.54) is 38.6 Å². The third-order valence-corrected chi connectivity index (χ3v) is 7.41. The molecule has 0 aliphatic heterocycles. The van der Waals surface area contributed by atoms with Gasteiger partial charge in [-0.2, -0.15) is 0 Å². The fourth-order valence-electron chi connectivity index (χ4n) is 5.96. The molecule has 0 saturated heterocycles. The van der Waals surface area contributed by atoms with Crippen LogP contribution in [0.2, 0.25) is 0 Å². The molecule has 6 aromatic rings. The summed E-state index contributed by atoms with van der Waals surface area (Å²) in [6, 6.07) is 30.5. The third-order valence-electron chi connectivity index (χ3n) is 7.41. The molecule has 0 bridgehead atoms. The van der Waals surface area contributed by atoms with Gasteiger partial charge in [0.05, 0.1) is 16.7 Å². The van der Waals surface area contributed by atoms with Crippen molar-refractivity contribution in [3.63, 3.8) is 0 Å². The van der Waals surface area contributed by atoms with Crippen molar-refractivity contribution in [2.45, 2.75) is 40.5 Å². The Kier molecular flexibility index (Phi) is 5.87. The van der Waals surface area contributed by atoms with Gasteiger partial charge in [-0.25, -0.2) is 4.98 Å². The van der Waals surface area contributed by atoms with Gasteiger partial charge in [-0.1, -0.05) is 88.4 Å². The number of aromatic nitrogens is 3. The summed E-state index contributed by atoms with van der Waals surface area (Å²) >= 11 is 0. The smallest absolute Gasteiger partial charge is 0.145 e. The van der Waals surface area contributed by atoms with Gasteiger partial charge in [0.15, 0.2) is 0 Å². The van der Waals surface area contributed by atoms with Gasteiger partial charge in [0.2, 0.25) is 0 Å².